The van der Waals surface area contributed by atoms with E-state index in [4.69, 9.17) is 17.3 Å². The molecule has 5 nitrogen and oxygen atoms in total. The van der Waals surface area contributed by atoms with E-state index in [-0.39, 0.29) is 0 Å². The maximum atomic E-state index is 6.11. The van der Waals surface area contributed by atoms with E-state index in [1.165, 1.54) is 6.33 Å². The van der Waals surface area contributed by atoms with Crippen molar-refractivity contribution in [3.8, 4) is 0 Å². The van der Waals surface area contributed by atoms with Crippen LogP contribution in [0.15, 0.2) is 6.33 Å². The Morgan fingerprint density at radius 3 is 2.59 bits per heavy atom. The minimum absolute atomic E-state index is 0.336. The number of halogens is 1. The molecule has 0 amide bonds. The molecule has 96 valence electrons. The normalized spacial score (nSPS) is 10.9. The van der Waals surface area contributed by atoms with E-state index in [0.29, 0.717) is 10.8 Å². The van der Waals surface area contributed by atoms with E-state index in [9.17, 15) is 0 Å². The van der Waals surface area contributed by atoms with Crippen LogP contribution in [0.4, 0.5) is 11.6 Å². The van der Waals surface area contributed by atoms with Crippen LogP contribution in [0.25, 0.3) is 0 Å². The molecule has 17 heavy (non-hydrogen) atoms. The summed E-state index contributed by atoms with van der Waals surface area (Å²) in [6, 6.07) is 0. The zero-order valence-corrected chi connectivity index (χ0v) is 11.4. The van der Waals surface area contributed by atoms with Crippen molar-refractivity contribution < 1.29 is 0 Å². The van der Waals surface area contributed by atoms with Crippen molar-refractivity contribution in [3.63, 3.8) is 0 Å². The average molecular weight is 258 g/mol. The maximum absolute atomic E-state index is 6.11. The Balaban J connectivity index is 2.69. The van der Waals surface area contributed by atoms with Gasteiger partial charge >= 0.3 is 0 Å². The molecule has 2 N–H and O–H groups in total. The molecule has 0 aliphatic heterocycles. The lowest BCUT2D eigenvalue weighted by Crippen LogP contribution is -2.28. The lowest BCUT2D eigenvalue weighted by atomic mass is 10.3. The van der Waals surface area contributed by atoms with Crippen LogP contribution in [-0.2, 0) is 0 Å². The van der Waals surface area contributed by atoms with E-state index in [2.05, 4.69) is 40.8 Å². The lowest BCUT2D eigenvalue weighted by molar-refractivity contribution is 0.400. The van der Waals surface area contributed by atoms with E-state index < -0.39 is 0 Å². The largest absolute Gasteiger partial charge is 0.382 e. The van der Waals surface area contributed by atoms with E-state index >= 15 is 0 Å². The van der Waals surface area contributed by atoms with Gasteiger partial charge in [0.25, 0.3) is 0 Å². The molecule has 1 aromatic rings. The number of rotatable bonds is 6. The summed E-state index contributed by atoms with van der Waals surface area (Å²) in [4.78, 5) is 12.3. The molecule has 0 aliphatic carbocycles. The monoisotopic (exact) mass is 257 g/mol. The first-order chi connectivity index (χ1) is 8.06. The van der Waals surface area contributed by atoms with Gasteiger partial charge in [0, 0.05) is 13.1 Å². The van der Waals surface area contributed by atoms with Gasteiger partial charge in [0.15, 0.2) is 5.82 Å². The highest BCUT2D eigenvalue weighted by atomic mass is 35.5. The number of nitrogens with two attached hydrogens (primary N) is 1. The highest BCUT2D eigenvalue weighted by Gasteiger charge is 2.12. The Kier molecular flexibility index (Phi) is 5.44. The zero-order valence-electron chi connectivity index (χ0n) is 10.6. The summed E-state index contributed by atoms with van der Waals surface area (Å²) in [6.45, 7) is 4.87. The Hall–Kier alpha value is -1.07. The minimum Gasteiger partial charge on any atom is -0.382 e. The van der Waals surface area contributed by atoms with Gasteiger partial charge in [0.05, 0.1) is 0 Å². The van der Waals surface area contributed by atoms with Gasteiger partial charge in [-0.2, -0.15) is 0 Å². The van der Waals surface area contributed by atoms with Gasteiger partial charge in [0.2, 0.25) is 0 Å². The molecule has 0 fully saturated rings. The van der Waals surface area contributed by atoms with E-state index in [1.54, 1.807) is 0 Å². The molecule has 0 spiro atoms. The van der Waals surface area contributed by atoms with Crippen LogP contribution in [-0.4, -0.2) is 48.6 Å². The average Bonchev–Trinajstić information content (AvgIpc) is 2.28. The highest BCUT2D eigenvalue weighted by molar-refractivity contribution is 6.35. The first-order valence-electron chi connectivity index (χ1n) is 5.72. The number of nitrogen functional groups attached to an aromatic ring is 1. The quantitative estimate of drug-likeness (QED) is 0.837. The molecule has 0 radical (unpaired) electrons. The molecule has 0 bridgehead atoms. The minimum atomic E-state index is 0.336. The van der Waals surface area contributed by atoms with Crippen molar-refractivity contribution in [1.29, 1.82) is 0 Å². The fourth-order valence-electron chi connectivity index (χ4n) is 1.59. The third kappa shape index (κ3) is 4.02. The summed E-state index contributed by atoms with van der Waals surface area (Å²) < 4.78 is 0. The van der Waals surface area contributed by atoms with Gasteiger partial charge in [0.1, 0.15) is 17.2 Å². The van der Waals surface area contributed by atoms with Crippen LogP contribution in [0.2, 0.25) is 5.02 Å². The van der Waals surface area contributed by atoms with Crippen molar-refractivity contribution >= 4 is 23.2 Å². The summed E-state index contributed by atoms with van der Waals surface area (Å²) in [5.41, 5.74) is 5.67. The number of hydrogen-bond acceptors (Lipinski definition) is 5. The molecule has 0 atom stereocenters. The van der Waals surface area contributed by atoms with Crippen molar-refractivity contribution in [1.82, 2.24) is 14.9 Å². The van der Waals surface area contributed by atoms with Gasteiger partial charge in [-0.15, -0.1) is 0 Å². The number of anilines is 2. The Morgan fingerprint density at radius 2 is 2.00 bits per heavy atom. The molecular formula is C11H20ClN5. The first kappa shape index (κ1) is 14.0. The van der Waals surface area contributed by atoms with Crippen molar-refractivity contribution in [2.24, 2.45) is 0 Å². The number of hydrogen-bond donors (Lipinski definition) is 1. The summed E-state index contributed by atoms with van der Waals surface area (Å²) in [6.07, 6.45) is 2.51. The summed E-state index contributed by atoms with van der Waals surface area (Å²) in [5, 5.41) is 0.444. The summed E-state index contributed by atoms with van der Waals surface area (Å²) in [7, 11) is 4.12. The number of nitrogens with zero attached hydrogens (tertiary/aromatic N) is 4. The van der Waals surface area contributed by atoms with Crippen molar-refractivity contribution in [3.05, 3.63) is 11.3 Å². The predicted molar refractivity (Wildman–Crippen MR) is 72.5 cm³/mol. The third-order valence-corrected chi connectivity index (χ3v) is 2.88. The van der Waals surface area contributed by atoms with Crippen LogP contribution < -0.4 is 10.6 Å². The summed E-state index contributed by atoms with van der Waals surface area (Å²) >= 11 is 6.11. The molecule has 0 saturated heterocycles. The Morgan fingerprint density at radius 1 is 1.29 bits per heavy atom. The maximum Gasteiger partial charge on any atom is 0.153 e. The van der Waals surface area contributed by atoms with Gasteiger partial charge in [-0.05, 0) is 34.0 Å². The van der Waals surface area contributed by atoms with E-state index in [1.807, 2.05) is 0 Å². The van der Waals surface area contributed by atoms with Crippen LogP contribution in [0.1, 0.15) is 13.3 Å². The second kappa shape index (κ2) is 6.61. The molecule has 1 aromatic heterocycles. The van der Waals surface area contributed by atoms with E-state index in [0.717, 1.165) is 31.9 Å². The smallest absolute Gasteiger partial charge is 0.153 e. The second-order valence-electron chi connectivity index (χ2n) is 4.13. The highest BCUT2D eigenvalue weighted by Crippen LogP contribution is 2.26. The van der Waals surface area contributed by atoms with Gasteiger partial charge in [-0.1, -0.05) is 11.6 Å². The standard InChI is InChI=1S/C11H20ClN5/c1-4-17(7-5-6-16(2)3)11-9(12)10(13)14-8-15-11/h8H,4-7H2,1-3H3,(H2,13,14,15). The second-order valence-corrected chi connectivity index (χ2v) is 4.51. The fraction of sp³-hybridized carbons (Fsp3) is 0.636. The first-order valence-corrected chi connectivity index (χ1v) is 6.09. The van der Waals surface area contributed by atoms with Gasteiger partial charge in [-0.3, -0.25) is 0 Å². The molecule has 1 rings (SSSR count). The van der Waals surface area contributed by atoms with Crippen molar-refractivity contribution in [2.75, 3.05) is 44.4 Å². The Labute approximate surface area is 108 Å². The SMILES string of the molecule is CCN(CCCN(C)C)c1ncnc(N)c1Cl. The van der Waals surface area contributed by atoms with Crippen LogP contribution in [0.5, 0.6) is 0 Å². The Bertz CT molecular complexity index is 356. The molecule has 1 heterocycles. The zero-order chi connectivity index (χ0) is 12.8. The van der Waals surface area contributed by atoms with Gasteiger partial charge in [-0.25, -0.2) is 9.97 Å². The van der Waals surface area contributed by atoms with Crippen LogP contribution in [0, 0.1) is 0 Å². The molecule has 0 aliphatic rings. The third-order valence-electron chi connectivity index (χ3n) is 2.51. The molecule has 0 aromatic carbocycles. The molecular weight excluding hydrogens is 238 g/mol. The topological polar surface area (TPSA) is 58.3 Å². The van der Waals surface area contributed by atoms with Gasteiger partial charge < -0.3 is 15.5 Å². The van der Waals surface area contributed by atoms with Crippen LogP contribution in [0.3, 0.4) is 0 Å². The predicted octanol–water partition coefficient (Wildman–Crippen LogP) is 1.49. The summed E-state index contributed by atoms with van der Waals surface area (Å²) in [5.74, 6) is 1.06. The fourth-order valence-corrected chi connectivity index (χ4v) is 1.80. The number of aromatic nitrogens is 2. The molecule has 0 saturated carbocycles. The molecule has 6 heteroatoms. The van der Waals surface area contributed by atoms with Crippen molar-refractivity contribution in [2.45, 2.75) is 13.3 Å². The molecule has 0 unspecified atom stereocenters. The lowest BCUT2D eigenvalue weighted by Gasteiger charge is -2.23. The van der Waals surface area contributed by atoms with Crippen LogP contribution >= 0.6 is 11.6 Å².